The summed E-state index contributed by atoms with van der Waals surface area (Å²) < 4.78 is 4.98. The Labute approximate surface area is 92.1 Å². The van der Waals surface area contributed by atoms with Crippen LogP contribution in [-0.4, -0.2) is 24.3 Å². The van der Waals surface area contributed by atoms with Crippen molar-refractivity contribution in [2.45, 2.75) is 39.5 Å². The van der Waals surface area contributed by atoms with E-state index in [1.807, 2.05) is 6.92 Å². The molecule has 3 nitrogen and oxygen atoms in total. The van der Waals surface area contributed by atoms with Crippen LogP contribution in [0.5, 0.6) is 0 Å². The number of esters is 1. The van der Waals surface area contributed by atoms with Crippen molar-refractivity contribution in [3.63, 3.8) is 0 Å². The molecular weight excluding hydrogens is 192 g/mol. The molecule has 1 atom stereocenters. The maximum absolute atomic E-state index is 11.4. The largest absolute Gasteiger partial charge is 0.465 e. The lowest BCUT2D eigenvalue weighted by Gasteiger charge is -2.09. The van der Waals surface area contributed by atoms with Gasteiger partial charge < -0.3 is 9.84 Å². The molecule has 0 rings (SSSR count). The van der Waals surface area contributed by atoms with Crippen LogP contribution in [0.1, 0.15) is 39.5 Å². The molecule has 0 aliphatic rings. The standard InChI is InChI=1S/C12H22O3/c1-3-4-5-6-8-11(2)12(14)15-10-7-9-13/h4-5,11,13H,3,6-10H2,1-2H3. The Hall–Kier alpha value is -0.830. The zero-order valence-corrected chi connectivity index (χ0v) is 9.74. The molecule has 0 aliphatic carbocycles. The van der Waals surface area contributed by atoms with E-state index in [1.165, 1.54) is 0 Å². The first-order valence-corrected chi connectivity index (χ1v) is 5.64. The van der Waals surface area contributed by atoms with Gasteiger partial charge in [-0.3, -0.25) is 4.79 Å². The second-order valence-corrected chi connectivity index (χ2v) is 3.60. The Balaban J connectivity index is 3.55. The summed E-state index contributed by atoms with van der Waals surface area (Å²) in [7, 11) is 0. The van der Waals surface area contributed by atoms with Crippen LogP contribution in [0.2, 0.25) is 0 Å². The van der Waals surface area contributed by atoms with Crippen molar-refractivity contribution in [3.05, 3.63) is 12.2 Å². The molecular formula is C12H22O3. The van der Waals surface area contributed by atoms with Crippen LogP contribution in [0.25, 0.3) is 0 Å². The van der Waals surface area contributed by atoms with Crippen LogP contribution in [0.15, 0.2) is 12.2 Å². The number of allylic oxidation sites excluding steroid dienone is 2. The molecule has 3 heteroatoms. The van der Waals surface area contributed by atoms with Crippen LogP contribution >= 0.6 is 0 Å². The maximum atomic E-state index is 11.4. The number of aliphatic hydroxyl groups excluding tert-OH is 1. The fourth-order valence-electron chi connectivity index (χ4n) is 1.13. The lowest BCUT2D eigenvalue weighted by atomic mass is 10.1. The average molecular weight is 214 g/mol. The number of ether oxygens (including phenoxy) is 1. The van der Waals surface area contributed by atoms with E-state index in [9.17, 15) is 4.79 Å². The highest BCUT2D eigenvalue weighted by Gasteiger charge is 2.12. The predicted molar refractivity (Wildman–Crippen MR) is 60.5 cm³/mol. The van der Waals surface area contributed by atoms with Gasteiger partial charge in [0.25, 0.3) is 0 Å². The molecule has 0 aromatic rings. The van der Waals surface area contributed by atoms with E-state index >= 15 is 0 Å². The molecule has 88 valence electrons. The molecule has 0 fully saturated rings. The average Bonchev–Trinajstić information content (AvgIpc) is 2.24. The lowest BCUT2D eigenvalue weighted by Crippen LogP contribution is -2.15. The van der Waals surface area contributed by atoms with Gasteiger partial charge in [0.2, 0.25) is 0 Å². The molecule has 0 saturated heterocycles. The second kappa shape index (κ2) is 9.71. The number of carbonyl (C=O) groups excluding carboxylic acids is 1. The number of aliphatic hydroxyl groups is 1. The Bertz CT molecular complexity index is 187. The van der Waals surface area contributed by atoms with Crippen molar-refractivity contribution in [3.8, 4) is 0 Å². The number of carbonyl (C=O) groups is 1. The highest BCUT2D eigenvalue weighted by atomic mass is 16.5. The van der Waals surface area contributed by atoms with Gasteiger partial charge in [-0.2, -0.15) is 0 Å². The van der Waals surface area contributed by atoms with Gasteiger partial charge in [-0.05, 0) is 19.3 Å². The fourth-order valence-corrected chi connectivity index (χ4v) is 1.13. The maximum Gasteiger partial charge on any atom is 0.308 e. The van der Waals surface area contributed by atoms with Crippen molar-refractivity contribution >= 4 is 5.97 Å². The summed E-state index contributed by atoms with van der Waals surface area (Å²) in [6, 6.07) is 0. The Morgan fingerprint density at radius 3 is 2.80 bits per heavy atom. The molecule has 0 heterocycles. The van der Waals surface area contributed by atoms with Crippen LogP contribution < -0.4 is 0 Å². The summed E-state index contributed by atoms with van der Waals surface area (Å²) in [5.74, 6) is -0.210. The minimum Gasteiger partial charge on any atom is -0.465 e. The van der Waals surface area contributed by atoms with E-state index in [1.54, 1.807) is 0 Å². The van der Waals surface area contributed by atoms with Crippen molar-refractivity contribution in [2.24, 2.45) is 5.92 Å². The zero-order chi connectivity index (χ0) is 11.5. The van der Waals surface area contributed by atoms with Crippen molar-refractivity contribution in [1.29, 1.82) is 0 Å². The van der Waals surface area contributed by atoms with Gasteiger partial charge in [-0.1, -0.05) is 26.0 Å². The van der Waals surface area contributed by atoms with Crippen LogP contribution in [0.3, 0.4) is 0 Å². The Morgan fingerprint density at radius 2 is 2.20 bits per heavy atom. The van der Waals surface area contributed by atoms with Gasteiger partial charge in [0, 0.05) is 13.0 Å². The third-order valence-electron chi connectivity index (χ3n) is 2.12. The minimum atomic E-state index is -0.159. The minimum absolute atomic E-state index is 0.0507. The quantitative estimate of drug-likeness (QED) is 0.383. The smallest absolute Gasteiger partial charge is 0.308 e. The molecule has 0 aromatic carbocycles. The van der Waals surface area contributed by atoms with Crippen molar-refractivity contribution < 1.29 is 14.6 Å². The zero-order valence-electron chi connectivity index (χ0n) is 9.74. The Morgan fingerprint density at radius 1 is 1.47 bits per heavy atom. The van der Waals surface area contributed by atoms with E-state index in [2.05, 4.69) is 19.1 Å². The van der Waals surface area contributed by atoms with Gasteiger partial charge in [-0.15, -0.1) is 0 Å². The molecule has 1 N–H and O–H groups in total. The van der Waals surface area contributed by atoms with E-state index in [4.69, 9.17) is 9.84 Å². The van der Waals surface area contributed by atoms with Crippen LogP contribution in [-0.2, 0) is 9.53 Å². The normalized spacial score (nSPS) is 13.0. The van der Waals surface area contributed by atoms with Gasteiger partial charge in [0.15, 0.2) is 0 Å². The van der Waals surface area contributed by atoms with E-state index in [0.717, 1.165) is 19.3 Å². The van der Waals surface area contributed by atoms with E-state index in [0.29, 0.717) is 13.0 Å². The third kappa shape index (κ3) is 8.18. The summed E-state index contributed by atoms with van der Waals surface area (Å²) in [6.07, 6.45) is 7.50. The molecule has 0 radical (unpaired) electrons. The summed E-state index contributed by atoms with van der Waals surface area (Å²) in [6.45, 7) is 4.36. The van der Waals surface area contributed by atoms with E-state index in [-0.39, 0.29) is 18.5 Å². The predicted octanol–water partition coefficient (Wildman–Crippen LogP) is 2.29. The molecule has 0 spiro atoms. The molecule has 0 bridgehead atoms. The third-order valence-corrected chi connectivity index (χ3v) is 2.12. The number of hydrogen-bond acceptors (Lipinski definition) is 3. The summed E-state index contributed by atoms with van der Waals surface area (Å²) in [5, 5.41) is 8.52. The SMILES string of the molecule is CCC=CCCC(C)C(=O)OCCCO. The molecule has 0 saturated carbocycles. The van der Waals surface area contributed by atoms with Crippen LogP contribution in [0, 0.1) is 5.92 Å². The lowest BCUT2D eigenvalue weighted by molar-refractivity contribution is -0.148. The van der Waals surface area contributed by atoms with Gasteiger partial charge in [0.1, 0.15) is 0 Å². The topological polar surface area (TPSA) is 46.5 Å². The number of rotatable bonds is 8. The molecule has 1 unspecified atom stereocenters. The highest BCUT2D eigenvalue weighted by Crippen LogP contribution is 2.08. The summed E-state index contributed by atoms with van der Waals surface area (Å²) in [4.78, 5) is 11.4. The van der Waals surface area contributed by atoms with E-state index < -0.39 is 0 Å². The summed E-state index contributed by atoms with van der Waals surface area (Å²) in [5.41, 5.74) is 0. The fraction of sp³-hybridized carbons (Fsp3) is 0.750. The monoisotopic (exact) mass is 214 g/mol. The molecule has 0 amide bonds. The van der Waals surface area contributed by atoms with Crippen molar-refractivity contribution in [2.75, 3.05) is 13.2 Å². The highest BCUT2D eigenvalue weighted by molar-refractivity contribution is 5.71. The van der Waals surface area contributed by atoms with Gasteiger partial charge in [0.05, 0.1) is 12.5 Å². The molecule has 0 aliphatic heterocycles. The number of hydrogen-bond donors (Lipinski definition) is 1. The van der Waals surface area contributed by atoms with Gasteiger partial charge >= 0.3 is 5.97 Å². The summed E-state index contributed by atoms with van der Waals surface area (Å²) >= 11 is 0. The van der Waals surface area contributed by atoms with Crippen LogP contribution in [0.4, 0.5) is 0 Å². The first-order valence-electron chi connectivity index (χ1n) is 5.64. The second-order valence-electron chi connectivity index (χ2n) is 3.60. The first kappa shape index (κ1) is 14.2. The molecule has 0 aromatic heterocycles. The van der Waals surface area contributed by atoms with Crippen molar-refractivity contribution in [1.82, 2.24) is 0 Å². The van der Waals surface area contributed by atoms with Gasteiger partial charge in [-0.25, -0.2) is 0 Å². The Kier molecular flexibility index (Phi) is 9.18. The first-order chi connectivity index (χ1) is 7.22. The molecule has 15 heavy (non-hydrogen) atoms.